The highest BCUT2D eigenvalue weighted by atomic mass is 35.5. The molecule has 1 rings (SSSR count). The minimum Gasteiger partial charge on any atom is -1.00 e. The normalized spacial score (nSPS) is 14.3. The van der Waals surface area contributed by atoms with Crippen molar-refractivity contribution in [2.75, 3.05) is 6.61 Å². The van der Waals surface area contributed by atoms with Crippen molar-refractivity contribution in [3.05, 3.63) is 0 Å². The van der Waals surface area contributed by atoms with Crippen molar-refractivity contribution < 1.29 is 22.3 Å². The average Bonchev–Trinajstić information content (AvgIpc) is 3.85. The summed E-state index contributed by atoms with van der Waals surface area (Å²) < 4.78 is 5.46. The highest BCUT2D eigenvalue weighted by Crippen LogP contribution is 2.31. The van der Waals surface area contributed by atoms with E-state index in [1.165, 1.54) is 205 Å². The van der Waals surface area contributed by atoms with Crippen LogP contribution in [0.15, 0.2) is 0 Å². The summed E-state index contributed by atoms with van der Waals surface area (Å²) in [4.78, 5) is 0. The van der Waals surface area contributed by atoms with Gasteiger partial charge in [0.15, 0.2) is 0 Å². The molecule has 1 saturated heterocycles. The Morgan fingerprint density at radius 2 is 0.644 bits per heavy atom. The van der Waals surface area contributed by atoms with Crippen LogP contribution in [0.5, 0.6) is 0 Å². The predicted octanol–water partition coefficient (Wildman–Crippen LogP) is 11.6. The van der Waals surface area contributed by atoms with Crippen molar-refractivity contribution in [1.82, 2.24) is 6.15 Å². The molecule has 45 heavy (non-hydrogen) atoms. The summed E-state index contributed by atoms with van der Waals surface area (Å²) in [7, 11) is 0. The van der Waals surface area contributed by atoms with E-state index in [9.17, 15) is 5.11 Å². The molecule has 0 amide bonds. The number of halogens is 1. The van der Waals surface area contributed by atoms with Crippen molar-refractivity contribution in [3.8, 4) is 0 Å². The fraction of sp³-hybridized carbons (Fsp3) is 1.00. The standard InChI is InChI=1S/C41H82O2.ClH.H3N/c1-3-5-7-9-11-13-15-17-19-21-23-25-27-29-31-33-36-41(42,38-35-40-39-43-40)37-34-32-30-28-26-24-22-20-18-16-14-12-10-8-6-4-2;;/h40,42H,3-39H2,1-2H3;1H;1H3. The van der Waals surface area contributed by atoms with E-state index in [1.807, 2.05) is 0 Å². The maximum atomic E-state index is 11.5. The Balaban J connectivity index is 0. The molecule has 0 saturated carbocycles. The van der Waals surface area contributed by atoms with Crippen molar-refractivity contribution >= 4 is 0 Å². The Morgan fingerprint density at radius 3 is 0.867 bits per heavy atom. The number of aliphatic hydroxyl groups is 1. The van der Waals surface area contributed by atoms with E-state index in [2.05, 4.69) is 13.8 Å². The van der Waals surface area contributed by atoms with Gasteiger partial charge in [0.2, 0.25) is 0 Å². The maximum absolute atomic E-state index is 11.5. The van der Waals surface area contributed by atoms with Gasteiger partial charge in [-0.3, -0.25) is 0 Å². The molecule has 3 nitrogen and oxygen atoms in total. The SMILES string of the molecule is CCCCCCCCCCCCCCCCCCC(O)(CCCCCCCCCCCCCCCCCC)CCC1CO1.[Cl-].[NH4+]. The molecule has 1 fully saturated rings. The van der Waals surface area contributed by atoms with E-state index in [4.69, 9.17) is 4.74 Å². The largest absolute Gasteiger partial charge is 1.00 e. The van der Waals surface area contributed by atoms with Crippen LogP contribution in [-0.4, -0.2) is 23.4 Å². The summed E-state index contributed by atoms with van der Waals surface area (Å²) in [6.45, 7) is 5.53. The Hall–Kier alpha value is 0.170. The van der Waals surface area contributed by atoms with Crippen molar-refractivity contribution in [1.29, 1.82) is 0 Å². The minimum atomic E-state index is -0.433. The van der Waals surface area contributed by atoms with Crippen LogP contribution in [0.1, 0.15) is 245 Å². The summed E-state index contributed by atoms with van der Waals surface area (Å²) in [6.07, 6.45) is 49.6. The molecule has 1 heterocycles. The third kappa shape index (κ3) is 35.3. The molecule has 4 heteroatoms. The number of hydrogen-bond acceptors (Lipinski definition) is 2. The molecule has 1 aliphatic heterocycles. The summed E-state index contributed by atoms with van der Waals surface area (Å²) in [5.41, 5.74) is -0.433. The van der Waals surface area contributed by atoms with Gasteiger partial charge in [0.1, 0.15) is 0 Å². The number of rotatable bonds is 37. The molecule has 0 aliphatic carbocycles. The molecule has 1 atom stereocenters. The second-order valence-corrected chi connectivity index (χ2v) is 14.8. The molecule has 5 N–H and O–H groups in total. The lowest BCUT2D eigenvalue weighted by atomic mass is 9.85. The molecule has 0 aromatic rings. The molecule has 0 aromatic heterocycles. The Kier molecular flexibility index (Phi) is 38.9. The third-order valence-electron chi connectivity index (χ3n) is 10.3. The van der Waals surface area contributed by atoms with Gasteiger partial charge in [0.05, 0.1) is 18.3 Å². The molecule has 0 spiro atoms. The molecule has 1 aliphatic rings. The first-order valence-corrected chi connectivity index (χ1v) is 20.5. The summed E-state index contributed by atoms with van der Waals surface area (Å²) in [5.74, 6) is 0. The second-order valence-electron chi connectivity index (χ2n) is 14.8. The molecule has 0 aromatic carbocycles. The first kappa shape index (κ1) is 47.3. The molecule has 274 valence electrons. The Morgan fingerprint density at radius 1 is 0.422 bits per heavy atom. The topological polar surface area (TPSA) is 69.3 Å². The van der Waals surface area contributed by atoms with Crippen LogP contribution in [0.25, 0.3) is 0 Å². The zero-order chi connectivity index (χ0) is 30.9. The lowest BCUT2D eigenvalue weighted by Gasteiger charge is -2.28. The first-order chi connectivity index (χ1) is 21.2. The first-order valence-electron chi connectivity index (χ1n) is 20.5. The zero-order valence-corrected chi connectivity index (χ0v) is 32.2. The van der Waals surface area contributed by atoms with E-state index in [0.717, 1.165) is 32.3 Å². The Labute approximate surface area is 291 Å². The number of quaternary nitrogens is 1. The molecule has 0 radical (unpaired) electrons. The van der Waals surface area contributed by atoms with Gasteiger partial charge in [-0.05, 0) is 25.7 Å². The van der Waals surface area contributed by atoms with E-state index >= 15 is 0 Å². The van der Waals surface area contributed by atoms with Crippen LogP contribution < -0.4 is 18.6 Å². The van der Waals surface area contributed by atoms with Crippen molar-refractivity contribution in [2.45, 2.75) is 257 Å². The van der Waals surface area contributed by atoms with Gasteiger partial charge in [-0.2, -0.15) is 0 Å². The second kappa shape index (κ2) is 37.0. The van der Waals surface area contributed by atoms with E-state index in [0.29, 0.717) is 6.10 Å². The van der Waals surface area contributed by atoms with E-state index in [1.54, 1.807) is 0 Å². The van der Waals surface area contributed by atoms with Crippen LogP contribution in [0.4, 0.5) is 0 Å². The lowest BCUT2D eigenvalue weighted by molar-refractivity contribution is -0.0000711. The van der Waals surface area contributed by atoms with Gasteiger partial charge < -0.3 is 28.4 Å². The average molecular weight is 661 g/mol. The quantitative estimate of drug-likeness (QED) is 0.0514. The van der Waals surface area contributed by atoms with Crippen LogP contribution in [0, 0.1) is 0 Å². The Bertz CT molecular complexity index is 506. The maximum Gasteiger partial charge on any atom is 0.0811 e. The highest BCUT2D eigenvalue weighted by Gasteiger charge is 2.30. The molecule has 0 bridgehead atoms. The van der Waals surface area contributed by atoms with Crippen LogP contribution in [0.3, 0.4) is 0 Å². The van der Waals surface area contributed by atoms with Gasteiger partial charge in [-0.15, -0.1) is 0 Å². The molecule has 1 unspecified atom stereocenters. The monoisotopic (exact) mass is 660 g/mol. The number of ether oxygens (including phenoxy) is 1. The predicted molar refractivity (Wildman–Crippen MR) is 198 cm³/mol. The summed E-state index contributed by atoms with van der Waals surface area (Å²) in [6, 6.07) is 0. The minimum absolute atomic E-state index is 0. The highest BCUT2D eigenvalue weighted by molar-refractivity contribution is 4.82. The zero-order valence-electron chi connectivity index (χ0n) is 31.5. The van der Waals surface area contributed by atoms with Crippen LogP contribution >= 0.6 is 0 Å². The van der Waals surface area contributed by atoms with E-state index < -0.39 is 5.60 Å². The number of epoxide rings is 1. The third-order valence-corrected chi connectivity index (χ3v) is 10.3. The van der Waals surface area contributed by atoms with Gasteiger partial charge in [0, 0.05) is 0 Å². The molecular formula is C41H86ClNO2. The smallest absolute Gasteiger partial charge is 0.0811 e. The van der Waals surface area contributed by atoms with E-state index in [-0.39, 0.29) is 18.6 Å². The molecular weight excluding hydrogens is 574 g/mol. The number of hydrogen-bond donors (Lipinski definition) is 2. The number of unbranched alkanes of at least 4 members (excludes halogenated alkanes) is 30. The van der Waals surface area contributed by atoms with Crippen LogP contribution in [-0.2, 0) is 4.74 Å². The summed E-state index contributed by atoms with van der Waals surface area (Å²) in [5, 5.41) is 11.5. The summed E-state index contributed by atoms with van der Waals surface area (Å²) >= 11 is 0. The van der Waals surface area contributed by atoms with Crippen LogP contribution in [0.2, 0.25) is 0 Å². The fourth-order valence-corrected chi connectivity index (χ4v) is 7.04. The van der Waals surface area contributed by atoms with Gasteiger partial charge >= 0.3 is 0 Å². The fourth-order valence-electron chi connectivity index (χ4n) is 7.04. The van der Waals surface area contributed by atoms with Crippen molar-refractivity contribution in [2.24, 2.45) is 0 Å². The van der Waals surface area contributed by atoms with Gasteiger partial charge in [-0.25, -0.2) is 0 Å². The van der Waals surface area contributed by atoms with Gasteiger partial charge in [0.25, 0.3) is 0 Å². The van der Waals surface area contributed by atoms with Gasteiger partial charge in [-0.1, -0.05) is 219 Å². The lowest BCUT2D eigenvalue weighted by Crippen LogP contribution is -3.00. The van der Waals surface area contributed by atoms with Crippen molar-refractivity contribution in [3.63, 3.8) is 0 Å².